The Morgan fingerprint density at radius 1 is 0.775 bits per heavy atom. The Morgan fingerprint density at radius 3 is 1.95 bits per heavy atom. The lowest BCUT2D eigenvalue weighted by Gasteiger charge is -2.39. The van der Waals surface area contributed by atoms with Crippen LogP contribution in [0.25, 0.3) is 0 Å². The molecule has 1 saturated heterocycles. The van der Waals surface area contributed by atoms with Crippen LogP contribution in [0.15, 0.2) is 59.5 Å². The predicted molar refractivity (Wildman–Crippen MR) is 150 cm³/mol. The number of hydrogen-bond acceptors (Lipinski definition) is 8. The van der Waals surface area contributed by atoms with Crippen LogP contribution in [0, 0.1) is 5.82 Å². The van der Waals surface area contributed by atoms with Crippen molar-refractivity contribution in [2.75, 3.05) is 52.9 Å². The molecule has 40 heavy (non-hydrogen) atoms. The molecule has 0 saturated carbocycles. The van der Waals surface area contributed by atoms with Crippen LogP contribution in [0.2, 0.25) is 0 Å². The van der Waals surface area contributed by atoms with Crippen LogP contribution in [-0.4, -0.2) is 68.0 Å². The monoisotopic (exact) mass is 574 g/mol. The van der Waals surface area contributed by atoms with Crippen molar-refractivity contribution in [1.29, 1.82) is 0 Å². The maximum atomic E-state index is 14.0. The number of halogens is 1. The summed E-state index contributed by atoms with van der Waals surface area (Å²) in [4.78, 5) is 2.26. The molecule has 0 N–H and O–H groups in total. The zero-order chi connectivity index (χ0) is 28.9. The van der Waals surface area contributed by atoms with Crippen LogP contribution >= 0.6 is 0 Å². The van der Waals surface area contributed by atoms with Gasteiger partial charge in [-0.3, -0.25) is 9.21 Å². The van der Waals surface area contributed by atoms with Gasteiger partial charge in [-0.15, -0.1) is 0 Å². The molecule has 1 aliphatic rings. The average Bonchev–Trinajstić information content (AvgIpc) is 2.97. The topological polar surface area (TPSA) is 86.8 Å². The molecule has 0 atom stereocenters. The summed E-state index contributed by atoms with van der Waals surface area (Å²) in [5, 5.41) is 0. The minimum atomic E-state index is -4.02. The molecule has 216 valence electrons. The van der Waals surface area contributed by atoms with E-state index in [2.05, 4.69) is 4.90 Å². The van der Waals surface area contributed by atoms with Gasteiger partial charge >= 0.3 is 0 Å². The molecule has 0 unspecified atom stereocenters. The minimum absolute atomic E-state index is 0.0150. The second kappa shape index (κ2) is 12.6. The van der Waals surface area contributed by atoms with Gasteiger partial charge in [-0.2, -0.15) is 0 Å². The van der Waals surface area contributed by atoms with Crippen molar-refractivity contribution in [3.63, 3.8) is 0 Å². The van der Waals surface area contributed by atoms with E-state index in [9.17, 15) is 12.8 Å². The van der Waals surface area contributed by atoms with Gasteiger partial charge in [0.2, 0.25) is 5.75 Å². The van der Waals surface area contributed by atoms with Gasteiger partial charge in [0.05, 0.1) is 46.1 Å². The Bertz CT molecular complexity index is 1410. The highest BCUT2D eigenvalue weighted by Crippen LogP contribution is 2.41. The molecule has 0 aromatic heterocycles. The first kappa shape index (κ1) is 29.3. The highest BCUT2D eigenvalue weighted by Gasteiger charge is 2.35. The number of benzene rings is 3. The smallest absolute Gasteiger partial charge is 0.264 e. The molecule has 1 aliphatic heterocycles. The number of rotatable bonds is 11. The predicted octanol–water partition coefficient (Wildman–Crippen LogP) is 4.73. The average molecular weight is 575 g/mol. The lowest BCUT2D eigenvalue weighted by molar-refractivity contribution is 0.203. The largest absolute Gasteiger partial charge is 0.493 e. The molecule has 4 rings (SSSR count). The van der Waals surface area contributed by atoms with Gasteiger partial charge in [-0.25, -0.2) is 12.8 Å². The van der Waals surface area contributed by atoms with Crippen molar-refractivity contribution in [3.8, 4) is 28.7 Å². The molecule has 0 radical (unpaired) electrons. The Morgan fingerprint density at radius 2 is 1.38 bits per heavy atom. The van der Waals surface area contributed by atoms with Gasteiger partial charge in [0, 0.05) is 37.3 Å². The van der Waals surface area contributed by atoms with Crippen molar-refractivity contribution in [3.05, 3.63) is 66.0 Å². The van der Waals surface area contributed by atoms with Crippen molar-refractivity contribution < 1.29 is 36.5 Å². The Hall–Kier alpha value is -3.70. The number of anilines is 1. The van der Waals surface area contributed by atoms with Gasteiger partial charge in [-0.05, 0) is 55.3 Å². The van der Waals surface area contributed by atoms with Crippen LogP contribution < -0.4 is 28.0 Å². The summed E-state index contributed by atoms with van der Waals surface area (Å²) < 4.78 is 70.3. The molecule has 3 aromatic rings. The zero-order valence-corrected chi connectivity index (χ0v) is 24.2. The SMILES string of the molecule is COc1ccc(N(C2CCN(Cc3ccc(OC)c(OC)c3OC)CC2)S(=O)(=O)c2ccc(F)cc2)cc1OC. The van der Waals surface area contributed by atoms with E-state index < -0.39 is 15.8 Å². The molecule has 0 bridgehead atoms. The summed E-state index contributed by atoms with van der Waals surface area (Å²) in [6, 6.07) is 13.4. The second-order valence-electron chi connectivity index (χ2n) is 9.29. The molecule has 0 spiro atoms. The maximum Gasteiger partial charge on any atom is 0.264 e. The normalized spacial score (nSPS) is 14.4. The number of ether oxygens (including phenoxy) is 5. The molecule has 0 amide bonds. The number of piperidine rings is 1. The van der Waals surface area contributed by atoms with Crippen molar-refractivity contribution in [1.82, 2.24) is 4.90 Å². The molecular weight excluding hydrogens is 539 g/mol. The minimum Gasteiger partial charge on any atom is -0.493 e. The fraction of sp³-hybridized carbons (Fsp3) is 0.379. The Balaban J connectivity index is 1.62. The second-order valence-corrected chi connectivity index (χ2v) is 11.1. The molecule has 1 heterocycles. The first-order chi connectivity index (χ1) is 19.3. The lowest BCUT2D eigenvalue weighted by atomic mass is 10.0. The zero-order valence-electron chi connectivity index (χ0n) is 23.3. The van der Waals surface area contributed by atoms with Crippen LogP contribution in [0.3, 0.4) is 0 Å². The van der Waals surface area contributed by atoms with E-state index in [1.807, 2.05) is 12.1 Å². The molecule has 1 fully saturated rings. The van der Waals surface area contributed by atoms with E-state index in [-0.39, 0.29) is 10.9 Å². The van der Waals surface area contributed by atoms with Crippen LogP contribution in [-0.2, 0) is 16.6 Å². The van der Waals surface area contributed by atoms with Gasteiger partial charge in [-0.1, -0.05) is 6.07 Å². The lowest BCUT2D eigenvalue weighted by Crippen LogP contribution is -2.47. The van der Waals surface area contributed by atoms with Crippen molar-refractivity contribution in [2.45, 2.75) is 30.3 Å². The number of sulfonamides is 1. The summed E-state index contributed by atoms with van der Waals surface area (Å²) in [5.41, 5.74) is 1.39. The van der Waals surface area contributed by atoms with E-state index >= 15 is 0 Å². The van der Waals surface area contributed by atoms with Gasteiger partial charge in [0.15, 0.2) is 23.0 Å². The van der Waals surface area contributed by atoms with Crippen molar-refractivity contribution in [2.24, 2.45) is 0 Å². The van der Waals surface area contributed by atoms with E-state index in [0.717, 1.165) is 17.7 Å². The number of nitrogens with zero attached hydrogens (tertiary/aromatic N) is 2. The quantitative estimate of drug-likeness (QED) is 0.325. The number of likely N-dealkylation sites (tertiary alicyclic amines) is 1. The number of hydrogen-bond donors (Lipinski definition) is 0. The summed E-state index contributed by atoms with van der Waals surface area (Å²) in [7, 11) is 3.74. The summed E-state index contributed by atoms with van der Waals surface area (Å²) in [6.07, 6.45) is 1.15. The van der Waals surface area contributed by atoms with Crippen molar-refractivity contribution >= 4 is 15.7 Å². The summed E-state index contributed by atoms with van der Waals surface area (Å²) in [5.74, 6) is 2.12. The third-order valence-corrected chi connectivity index (χ3v) is 8.96. The molecular formula is C29H35FN2O7S. The fourth-order valence-corrected chi connectivity index (χ4v) is 6.77. The third-order valence-electron chi connectivity index (χ3n) is 7.06. The molecule has 11 heteroatoms. The van der Waals surface area contributed by atoms with Gasteiger partial charge in [0.25, 0.3) is 10.0 Å². The van der Waals surface area contributed by atoms with E-state index in [4.69, 9.17) is 23.7 Å². The van der Waals surface area contributed by atoms with E-state index in [1.54, 1.807) is 39.5 Å². The Labute approximate surface area is 235 Å². The standard InChI is InChI=1S/C29H35FN2O7S/c1-35-25-13-9-23(18-27(25)37-3)32(40(33,34)24-10-7-21(30)8-11-24)22-14-16-31(17-15-22)19-20-6-12-26(36-2)29(39-5)28(20)38-4/h6-13,18,22H,14-17,19H2,1-5H3. The Kier molecular flexibility index (Phi) is 9.26. The summed E-state index contributed by atoms with van der Waals surface area (Å²) in [6.45, 7) is 1.88. The van der Waals surface area contributed by atoms with Crippen LogP contribution in [0.4, 0.5) is 10.1 Å². The van der Waals surface area contributed by atoms with Gasteiger partial charge < -0.3 is 23.7 Å². The fourth-order valence-electron chi connectivity index (χ4n) is 5.07. The van der Waals surface area contributed by atoms with Crippen LogP contribution in [0.5, 0.6) is 28.7 Å². The molecule has 0 aliphatic carbocycles. The summed E-state index contributed by atoms with van der Waals surface area (Å²) >= 11 is 0. The highest BCUT2D eigenvalue weighted by molar-refractivity contribution is 7.92. The number of methoxy groups -OCH3 is 5. The molecule has 3 aromatic carbocycles. The van der Waals surface area contributed by atoms with Crippen LogP contribution in [0.1, 0.15) is 18.4 Å². The van der Waals surface area contributed by atoms with E-state index in [0.29, 0.717) is 66.9 Å². The third kappa shape index (κ3) is 5.90. The first-order valence-corrected chi connectivity index (χ1v) is 14.2. The highest BCUT2D eigenvalue weighted by atomic mass is 32.2. The first-order valence-electron chi connectivity index (χ1n) is 12.8. The molecule has 9 nitrogen and oxygen atoms in total. The van der Waals surface area contributed by atoms with E-state index in [1.165, 1.54) is 30.7 Å². The maximum absolute atomic E-state index is 14.0. The van der Waals surface area contributed by atoms with Gasteiger partial charge in [0.1, 0.15) is 5.82 Å².